The Morgan fingerprint density at radius 3 is 2.83 bits per heavy atom. The summed E-state index contributed by atoms with van der Waals surface area (Å²) in [5, 5.41) is 25.4. The number of hydrogen-bond acceptors (Lipinski definition) is 4. The average Bonchev–Trinajstić information content (AvgIpc) is 2.55. The Hall–Kier alpha value is -0.420. The predicted molar refractivity (Wildman–Crippen MR) is 49.2 cm³/mol. The third-order valence-electron chi connectivity index (χ3n) is 1.66. The number of hydrogen-bond donors (Lipinski definition) is 3. The molecule has 0 aliphatic heterocycles. The van der Waals surface area contributed by atoms with E-state index >= 15 is 0 Å². The van der Waals surface area contributed by atoms with Crippen LogP contribution >= 0.6 is 11.3 Å². The second-order valence-corrected chi connectivity index (χ2v) is 3.41. The molecular weight excluding hydrogens is 174 g/mol. The normalized spacial score (nSPS) is 15.9. The van der Waals surface area contributed by atoms with Gasteiger partial charge in [0.25, 0.3) is 0 Å². The van der Waals surface area contributed by atoms with Gasteiger partial charge in [0.2, 0.25) is 0 Å². The number of nitrogens with one attached hydrogen (secondary N) is 1. The molecule has 2 atom stereocenters. The molecular formula is C8H13NO2S. The fraction of sp³-hybridized carbons (Fsp3) is 0.500. The van der Waals surface area contributed by atoms with E-state index in [1.807, 2.05) is 16.8 Å². The van der Waals surface area contributed by atoms with E-state index in [0.717, 1.165) is 5.56 Å². The number of aliphatic hydroxyl groups excluding tert-OH is 2. The van der Waals surface area contributed by atoms with Gasteiger partial charge in [-0.25, -0.2) is 0 Å². The smallest absolute Gasteiger partial charge is 0.107 e. The molecule has 1 aromatic rings. The fourth-order valence-corrected chi connectivity index (χ4v) is 1.68. The van der Waals surface area contributed by atoms with Crippen LogP contribution in [0.15, 0.2) is 16.8 Å². The van der Waals surface area contributed by atoms with Gasteiger partial charge in [-0.05, 0) is 29.4 Å². The highest BCUT2D eigenvalue weighted by atomic mass is 32.1. The van der Waals surface area contributed by atoms with E-state index in [2.05, 4.69) is 5.32 Å². The van der Waals surface area contributed by atoms with E-state index in [1.54, 1.807) is 7.05 Å². The van der Waals surface area contributed by atoms with E-state index < -0.39 is 12.2 Å². The third kappa shape index (κ3) is 2.28. The molecule has 0 spiro atoms. The Labute approximate surface area is 75.7 Å². The van der Waals surface area contributed by atoms with Gasteiger partial charge in [0.15, 0.2) is 0 Å². The molecule has 0 amide bonds. The standard InChI is InChI=1S/C8H13NO2S/c1-9-4-7(10)8(11)6-2-3-12-5-6/h2-3,5,7-11H,4H2,1H3. The van der Waals surface area contributed by atoms with Gasteiger partial charge in [0.1, 0.15) is 6.10 Å². The van der Waals surface area contributed by atoms with Crippen molar-refractivity contribution in [2.45, 2.75) is 12.2 Å². The van der Waals surface area contributed by atoms with Crippen molar-refractivity contribution in [2.75, 3.05) is 13.6 Å². The van der Waals surface area contributed by atoms with Crippen LogP contribution in [0.2, 0.25) is 0 Å². The van der Waals surface area contributed by atoms with Crippen molar-refractivity contribution in [3.05, 3.63) is 22.4 Å². The van der Waals surface area contributed by atoms with E-state index in [1.165, 1.54) is 11.3 Å². The van der Waals surface area contributed by atoms with Crippen LogP contribution in [0.3, 0.4) is 0 Å². The molecule has 2 unspecified atom stereocenters. The lowest BCUT2D eigenvalue weighted by Gasteiger charge is -2.15. The average molecular weight is 187 g/mol. The minimum atomic E-state index is -0.774. The van der Waals surface area contributed by atoms with Gasteiger partial charge in [-0.2, -0.15) is 11.3 Å². The summed E-state index contributed by atoms with van der Waals surface area (Å²) < 4.78 is 0. The SMILES string of the molecule is CNCC(O)C(O)c1ccsc1. The Balaban J connectivity index is 2.53. The summed E-state index contributed by atoms with van der Waals surface area (Å²) in [6.45, 7) is 0.400. The molecule has 0 saturated carbocycles. The van der Waals surface area contributed by atoms with Crippen LogP contribution < -0.4 is 5.32 Å². The minimum absolute atomic E-state index is 0.400. The summed E-state index contributed by atoms with van der Waals surface area (Å²) in [7, 11) is 1.74. The molecule has 0 saturated heterocycles. The van der Waals surface area contributed by atoms with Crippen LogP contribution in [0, 0.1) is 0 Å². The summed E-state index contributed by atoms with van der Waals surface area (Å²) in [6.07, 6.45) is -1.51. The monoisotopic (exact) mass is 187 g/mol. The highest BCUT2D eigenvalue weighted by molar-refractivity contribution is 7.07. The quantitative estimate of drug-likeness (QED) is 0.638. The Morgan fingerprint density at radius 2 is 2.33 bits per heavy atom. The maximum atomic E-state index is 9.53. The molecule has 4 heteroatoms. The van der Waals surface area contributed by atoms with Crippen LogP contribution in [-0.4, -0.2) is 29.9 Å². The number of rotatable bonds is 4. The first-order valence-electron chi connectivity index (χ1n) is 3.78. The van der Waals surface area contributed by atoms with Crippen LogP contribution in [0.25, 0.3) is 0 Å². The number of thiophene rings is 1. The lowest BCUT2D eigenvalue weighted by atomic mass is 10.1. The first kappa shape index (κ1) is 9.67. The molecule has 1 aromatic heterocycles. The molecule has 0 radical (unpaired) electrons. The molecule has 0 fully saturated rings. The third-order valence-corrected chi connectivity index (χ3v) is 2.36. The zero-order chi connectivity index (χ0) is 8.97. The number of aliphatic hydroxyl groups is 2. The lowest BCUT2D eigenvalue weighted by molar-refractivity contribution is 0.0205. The molecule has 68 valence electrons. The highest BCUT2D eigenvalue weighted by Gasteiger charge is 2.17. The Kier molecular flexibility index (Phi) is 3.68. The molecule has 3 N–H and O–H groups in total. The van der Waals surface area contributed by atoms with E-state index in [-0.39, 0.29) is 0 Å². The van der Waals surface area contributed by atoms with Gasteiger partial charge >= 0.3 is 0 Å². The van der Waals surface area contributed by atoms with Crippen molar-refractivity contribution >= 4 is 11.3 Å². The zero-order valence-corrected chi connectivity index (χ0v) is 7.71. The van der Waals surface area contributed by atoms with Gasteiger partial charge in [0, 0.05) is 6.54 Å². The summed E-state index contributed by atoms with van der Waals surface area (Å²) in [5.41, 5.74) is 0.780. The largest absolute Gasteiger partial charge is 0.389 e. The first-order chi connectivity index (χ1) is 5.75. The van der Waals surface area contributed by atoms with Crippen LogP contribution in [0.4, 0.5) is 0 Å². The van der Waals surface area contributed by atoms with Gasteiger partial charge in [-0.1, -0.05) is 0 Å². The van der Waals surface area contributed by atoms with Gasteiger partial charge in [-0.3, -0.25) is 0 Å². The minimum Gasteiger partial charge on any atom is -0.389 e. The zero-order valence-electron chi connectivity index (χ0n) is 6.90. The molecule has 1 heterocycles. The molecule has 3 nitrogen and oxygen atoms in total. The Morgan fingerprint density at radius 1 is 1.58 bits per heavy atom. The van der Waals surface area contributed by atoms with Crippen molar-refractivity contribution in [3.8, 4) is 0 Å². The van der Waals surface area contributed by atoms with Gasteiger partial charge in [0.05, 0.1) is 6.10 Å². The van der Waals surface area contributed by atoms with E-state index in [0.29, 0.717) is 6.54 Å². The molecule has 0 aliphatic carbocycles. The van der Waals surface area contributed by atoms with Crippen molar-refractivity contribution in [2.24, 2.45) is 0 Å². The van der Waals surface area contributed by atoms with Crippen molar-refractivity contribution in [3.63, 3.8) is 0 Å². The van der Waals surface area contributed by atoms with Gasteiger partial charge in [-0.15, -0.1) is 0 Å². The second kappa shape index (κ2) is 4.57. The molecule has 0 bridgehead atoms. The van der Waals surface area contributed by atoms with Crippen LogP contribution in [-0.2, 0) is 0 Å². The van der Waals surface area contributed by atoms with E-state index in [4.69, 9.17) is 0 Å². The summed E-state index contributed by atoms with van der Waals surface area (Å²) in [4.78, 5) is 0. The maximum absolute atomic E-state index is 9.53. The fourth-order valence-electron chi connectivity index (χ4n) is 0.986. The van der Waals surface area contributed by atoms with Crippen LogP contribution in [0.1, 0.15) is 11.7 Å². The van der Waals surface area contributed by atoms with Gasteiger partial charge < -0.3 is 15.5 Å². The number of likely N-dealkylation sites (N-methyl/N-ethyl adjacent to an activating group) is 1. The first-order valence-corrected chi connectivity index (χ1v) is 4.73. The summed E-state index contributed by atoms with van der Waals surface area (Å²) in [6, 6.07) is 1.81. The molecule has 12 heavy (non-hydrogen) atoms. The molecule has 0 aromatic carbocycles. The van der Waals surface area contributed by atoms with Crippen molar-refractivity contribution in [1.82, 2.24) is 5.32 Å². The molecule has 1 rings (SSSR count). The highest BCUT2D eigenvalue weighted by Crippen LogP contribution is 2.18. The van der Waals surface area contributed by atoms with Crippen molar-refractivity contribution in [1.29, 1.82) is 0 Å². The summed E-state index contributed by atoms with van der Waals surface area (Å²) in [5.74, 6) is 0. The molecule has 0 aliphatic rings. The second-order valence-electron chi connectivity index (χ2n) is 2.63. The Bertz CT molecular complexity index is 213. The van der Waals surface area contributed by atoms with Crippen molar-refractivity contribution < 1.29 is 10.2 Å². The topological polar surface area (TPSA) is 52.5 Å². The summed E-state index contributed by atoms with van der Waals surface area (Å²) >= 11 is 1.51. The van der Waals surface area contributed by atoms with E-state index in [9.17, 15) is 10.2 Å². The lowest BCUT2D eigenvalue weighted by Crippen LogP contribution is -2.29. The maximum Gasteiger partial charge on any atom is 0.107 e. The predicted octanol–water partition coefficient (Wildman–Crippen LogP) is 0.362. The van der Waals surface area contributed by atoms with Crippen LogP contribution in [0.5, 0.6) is 0 Å².